The van der Waals surface area contributed by atoms with E-state index >= 15 is 0 Å². The van der Waals surface area contributed by atoms with E-state index in [0.717, 1.165) is 44.3 Å². The number of fused-ring (bicyclic) bond motifs is 1. The standard InChI is InChI=1S/C21H28N4O/c1-2-17(16-9-4-3-5-10-16)19-13-8-14-24(19)21(26)15-25-20-12-7-6-11-18(20)22-23-25/h3-5,9-10,17,19H,2,6-8,11-15H2,1H3. The Kier molecular flexibility index (Phi) is 5.05. The first-order chi connectivity index (χ1) is 12.8. The fourth-order valence-corrected chi connectivity index (χ4v) is 4.72. The molecular weight excluding hydrogens is 324 g/mol. The van der Waals surface area contributed by atoms with Gasteiger partial charge in [-0.3, -0.25) is 4.79 Å². The van der Waals surface area contributed by atoms with Gasteiger partial charge in [-0.15, -0.1) is 5.10 Å². The van der Waals surface area contributed by atoms with Gasteiger partial charge in [-0.2, -0.15) is 0 Å². The minimum absolute atomic E-state index is 0.195. The Morgan fingerprint density at radius 1 is 1.19 bits per heavy atom. The normalized spacial score (nSPS) is 20.8. The summed E-state index contributed by atoms with van der Waals surface area (Å²) in [7, 11) is 0. The Labute approximate surface area is 155 Å². The third kappa shape index (κ3) is 3.27. The Hall–Kier alpha value is -2.17. The highest BCUT2D eigenvalue weighted by molar-refractivity contribution is 5.76. The minimum atomic E-state index is 0.195. The largest absolute Gasteiger partial charge is 0.337 e. The average molecular weight is 352 g/mol. The summed E-state index contributed by atoms with van der Waals surface area (Å²) in [6.45, 7) is 3.43. The molecule has 1 saturated heterocycles. The maximum atomic E-state index is 13.1. The molecule has 2 aliphatic rings. The fraction of sp³-hybridized carbons (Fsp3) is 0.571. The van der Waals surface area contributed by atoms with Gasteiger partial charge in [0.15, 0.2) is 0 Å². The Bertz CT molecular complexity index is 755. The Morgan fingerprint density at radius 3 is 2.81 bits per heavy atom. The first kappa shape index (κ1) is 17.3. The number of aryl methyl sites for hydroxylation is 1. The van der Waals surface area contributed by atoms with Crippen molar-refractivity contribution in [1.82, 2.24) is 19.9 Å². The van der Waals surface area contributed by atoms with Crippen LogP contribution < -0.4 is 0 Å². The van der Waals surface area contributed by atoms with Gasteiger partial charge in [0.1, 0.15) is 6.54 Å². The Morgan fingerprint density at radius 2 is 2.00 bits per heavy atom. The van der Waals surface area contributed by atoms with E-state index < -0.39 is 0 Å². The second-order valence-electron chi connectivity index (χ2n) is 7.57. The maximum Gasteiger partial charge on any atom is 0.244 e. The van der Waals surface area contributed by atoms with E-state index in [4.69, 9.17) is 0 Å². The van der Waals surface area contributed by atoms with Crippen molar-refractivity contribution in [1.29, 1.82) is 0 Å². The molecule has 2 aromatic rings. The van der Waals surface area contributed by atoms with Crippen LogP contribution in [0, 0.1) is 0 Å². The van der Waals surface area contributed by atoms with Gasteiger partial charge >= 0.3 is 0 Å². The zero-order valence-corrected chi connectivity index (χ0v) is 15.6. The molecular formula is C21H28N4O. The first-order valence-electron chi connectivity index (χ1n) is 10.0. The topological polar surface area (TPSA) is 51.0 Å². The van der Waals surface area contributed by atoms with Crippen LogP contribution in [0.2, 0.25) is 0 Å². The van der Waals surface area contributed by atoms with Gasteiger partial charge < -0.3 is 4.90 Å². The van der Waals surface area contributed by atoms with E-state index in [1.165, 1.54) is 24.1 Å². The van der Waals surface area contributed by atoms with Crippen molar-refractivity contribution >= 4 is 5.91 Å². The van der Waals surface area contributed by atoms with Crippen LogP contribution in [0.1, 0.15) is 61.9 Å². The molecule has 0 N–H and O–H groups in total. The lowest BCUT2D eigenvalue weighted by Crippen LogP contribution is -2.41. The molecule has 0 bridgehead atoms. The number of hydrogen-bond donors (Lipinski definition) is 0. The molecule has 0 spiro atoms. The predicted molar refractivity (Wildman–Crippen MR) is 101 cm³/mol. The molecule has 5 nitrogen and oxygen atoms in total. The molecule has 1 aliphatic heterocycles. The molecule has 1 fully saturated rings. The van der Waals surface area contributed by atoms with Gasteiger partial charge in [-0.1, -0.05) is 42.5 Å². The molecule has 0 saturated carbocycles. The van der Waals surface area contributed by atoms with E-state index in [1.54, 1.807) is 0 Å². The zero-order chi connectivity index (χ0) is 17.9. The lowest BCUT2D eigenvalue weighted by atomic mass is 9.87. The van der Waals surface area contributed by atoms with Crippen LogP contribution in [0.4, 0.5) is 0 Å². The van der Waals surface area contributed by atoms with E-state index in [1.807, 2.05) is 4.68 Å². The fourth-order valence-electron chi connectivity index (χ4n) is 4.72. The van der Waals surface area contributed by atoms with Crippen LogP contribution in [0.3, 0.4) is 0 Å². The van der Waals surface area contributed by atoms with E-state index in [-0.39, 0.29) is 5.91 Å². The van der Waals surface area contributed by atoms with Crippen LogP contribution in [-0.2, 0) is 24.2 Å². The van der Waals surface area contributed by atoms with Gasteiger partial charge in [-0.05, 0) is 50.5 Å². The Balaban J connectivity index is 1.51. The summed E-state index contributed by atoms with van der Waals surface area (Å²) in [5, 5.41) is 8.57. The van der Waals surface area contributed by atoms with Crippen molar-refractivity contribution < 1.29 is 4.79 Å². The number of nitrogens with zero attached hydrogens (tertiary/aromatic N) is 4. The molecule has 1 aromatic carbocycles. The number of carbonyl (C=O) groups is 1. The van der Waals surface area contributed by atoms with E-state index in [9.17, 15) is 4.79 Å². The molecule has 26 heavy (non-hydrogen) atoms. The number of carbonyl (C=O) groups excluding carboxylic acids is 1. The van der Waals surface area contributed by atoms with Crippen molar-refractivity contribution in [2.24, 2.45) is 0 Å². The molecule has 1 amide bonds. The van der Waals surface area contributed by atoms with Crippen LogP contribution in [0.15, 0.2) is 30.3 Å². The van der Waals surface area contributed by atoms with Crippen molar-refractivity contribution in [3.63, 3.8) is 0 Å². The minimum Gasteiger partial charge on any atom is -0.337 e. The van der Waals surface area contributed by atoms with Crippen LogP contribution in [0.25, 0.3) is 0 Å². The second kappa shape index (κ2) is 7.60. The van der Waals surface area contributed by atoms with Crippen LogP contribution in [0.5, 0.6) is 0 Å². The lowest BCUT2D eigenvalue weighted by molar-refractivity contribution is -0.133. The SMILES string of the molecule is CCC(c1ccccc1)C1CCCN1C(=O)Cn1nnc2c1CCCC2. The van der Waals surface area contributed by atoms with Gasteiger partial charge in [0, 0.05) is 18.5 Å². The summed E-state index contributed by atoms with van der Waals surface area (Å²) >= 11 is 0. The number of benzene rings is 1. The monoisotopic (exact) mass is 352 g/mol. The van der Waals surface area contributed by atoms with E-state index in [0.29, 0.717) is 18.5 Å². The van der Waals surface area contributed by atoms with Crippen molar-refractivity contribution in [2.75, 3.05) is 6.54 Å². The maximum absolute atomic E-state index is 13.1. The highest BCUT2D eigenvalue weighted by atomic mass is 16.2. The number of hydrogen-bond acceptors (Lipinski definition) is 3. The highest BCUT2D eigenvalue weighted by Gasteiger charge is 2.35. The average Bonchev–Trinajstić information content (AvgIpc) is 3.31. The second-order valence-corrected chi connectivity index (χ2v) is 7.57. The molecule has 1 aliphatic carbocycles. The number of amides is 1. The van der Waals surface area contributed by atoms with E-state index in [2.05, 4.69) is 52.5 Å². The summed E-state index contributed by atoms with van der Waals surface area (Å²) in [4.78, 5) is 15.2. The van der Waals surface area contributed by atoms with Crippen LogP contribution in [-0.4, -0.2) is 38.4 Å². The summed E-state index contributed by atoms with van der Waals surface area (Å²) in [6.07, 6.45) is 7.60. The molecule has 138 valence electrons. The molecule has 2 heterocycles. The quantitative estimate of drug-likeness (QED) is 0.829. The number of likely N-dealkylation sites (tertiary alicyclic amines) is 1. The summed E-state index contributed by atoms with van der Waals surface area (Å²) in [6, 6.07) is 10.9. The lowest BCUT2D eigenvalue weighted by Gasteiger charge is -2.32. The number of rotatable bonds is 5. The third-order valence-electron chi connectivity index (χ3n) is 6.03. The molecule has 1 aromatic heterocycles. The van der Waals surface area contributed by atoms with Gasteiger partial charge in [0.25, 0.3) is 0 Å². The molecule has 4 rings (SSSR count). The molecule has 0 radical (unpaired) electrons. The third-order valence-corrected chi connectivity index (χ3v) is 6.03. The summed E-state index contributed by atoms with van der Waals surface area (Å²) in [5.41, 5.74) is 3.62. The van der Waals surface area contributed by atoms with Gasteiger partial charge in [0.05, 0.1) is 11.4 Å². The van der Waals surface area contributed by atoms with Gasteiger partial charge in [0.2, 0.25) is 5.91 Å². The summed E-state index contributed by atoms with van der Waals surface area (Å²) < 4.78 is 1.86. The number of aromatic nitrogens is 3. The van der Waals surface area contributed by atoms with Crippen LogP contribution >= 0.6 is 0 Å². The van der Waals surface area contributed by atoms with Crippen molar-refractivity contribution in [3.05, 3.63) is 47.3 Å². The van der Waals surface area contributed by atoms with Crippen molar-refractivity contribution in [3.8, 4) is 0 Å². The smallest absolute Gasteiger partial charge is 0.244 e. The molecule has 2 unspecified atom stereocenters. The zero-order valence-electron chi connectivity index (χ0n) is 15.6. The van der Waals surface area contributed by atoms with Gasteiger partial charge in [-0.25, -0.2) is 4.68 Å². The molecule has 5 heteroatoms. The molecule has 2 atom stereocenters. The summed E-state index contributed by atoms with van der Waals surface area (Å²) in [5.74, 6) is 0.604. The first-order valence-corrected chi connectivity index (χ1v) is 10.0. The van der Waals surface area contributed by atoms with Crippen molar-refractivity contribution in [2.45, 2.75) is 70.4 Å². The highest BCUT2D eigenvalue weighted by Crippen LogP contribution is 2.33. The predicted octanol–water partition coefficient (Wildman–Crippen LogP) is 3.34.